The fraction of sp³-hybridized carbons (Fsp3) is 0.409. The van der Waals surface area contributed by atoms with Crippen LogP contribution in [0.15, 0.2) is 42.5 Å². The van der Waals surface area contributed by atoms with Gasteiger partial charge in [-0.1, -0.05) is 6.92 Å². The maximum atomic E-state index is 13.2. The third-order valence-corrected chi connectivity index (χ3v) is 5.05. The van der Waals surface area contributed by atoms with Crippen molar-refractivity contribution in [1.29, 1.82) is 0 Å². The summed E-state index contributed by atoms with van der Waals surface area (Å²) in [5.74, 6) is 0.188. The Bertz CT molecular complexity index is 844. The van der Waals surface area contributed by atoms with Crippen LogP contribution in [0, 0.1) is 0 Å². The Morgan fingerprint density at radius 1 is 1.14 bits per heavy atom. The zero-order valence-electron chi connectivity index (χ0n) is 16.6. The standard InChI is InChI=1S/C22H25F3N2O2/c1-3-15(2)29-18-9-6-16(7-10-18)21(28)26-19-14-17(22(23,24)25)8-11-20(19)27-12-4-5-13-27/h6-11,14-15H,3-5,12-13H2,1-2H3,(H,26,28)/t15-/m0/s1. The largest absolute Gasteiger partial charge is 0.491 e. The van der Waals surface area contributed by atoms with E-state index in [-0.39, 0.29) is 11.8 Å². The van der Waals surface area contributed by atoms with Crippen molar-refractivity contribution in [1.82, 2.24) is 0 Å². The molecule has 1 aliphatic heterocycles. The summed E-state index contributed by atoms with van der Waals surface area (Å²) in [6.07, 6.45) is -1.60. The van der Waals surface area contributed by atoms with E-state index in [9.17, 15) is 18.0 Å². The van der Waals surface area contributed by atoms with Crippen LogP contribution in [0.25, 0.3) is 0 Å². The summed E-state index contributed by atoms with van der Waals surface area (Å²) in [6, 6.07) is 10.1. The molecular weight excluding hydrogens is 381 g/mol. The molecule has 1 atom stereocenters. The highest BCUT2D eigenvalue weighted by Gasteiger charge is 2.32. The minimum Gasteiger partial charge on any atom is -0.491 e. The Labute approximate surface area is 168 Å². The Hall–Kier alpha value is -2.70. The molecule has 0 saturated carbocycles. The number of nitrogens with zero attached hydrogens (tertiary/aromatic N) is 1. The first-order valence-electron chi connectivity index (χ1n) is 9.82. The molecule has 0 bridgehead atoms. The van der Waals surface area contributed by atoms with E-state index in [0.29, 0.717) is 17.0 Å². The molecule has 1 amide bonds. The number of carbonyl (C=O) groups is 1. The first kappa shape index (κ1) is 21.0. The molecule has 3 rings (SSSR count). The summed E-state index contributed by atoms with van der Waals surface area (Å²) in [4.78, 5) is 14.7. The third kappa shape index (κ3) is 5.22. The summed E-state index contributed by atoms with van der Waals surface area (Å²) >= 11 is 0. The maximum absolute atomic E-state index is 13.2. The van der Waals surface area contributed by atoms with E-state index in [0.717, 1.165) is 44.5 Å². The number of ether oxygens (including phenoxy) is 1. The second kappa shape index (κ2) is 8.76. The van der Waals surface area contributed by atoms with Crippen molar-refractivity contribution in [3.05, 3.63) is 53.6 Å². The predicted molar refractivity (Wildman–Crippen MR) is 108 cm³/mol. The minimum absolute atomic E-state index is 0.0582. The number of hydrogen-bond donors (Lipinski definition) is 1. The lowest BCUT2D eigenvalue weighted by molar-refractivity contribution is -0.137. The molecule has 4 nitrogen and oxygen atoms in total. The van der Waals surface area contributed by atoms with Gasteiger partial charge in [-0.3, -0.25) is 4.79 Å². The van der Waals surface area contributed by atoms with Crippen LogP contribution in [0.2, 0.25) is 0 Å². The highest BCUT2D eigenvalue weighted by atomic mass is 19.4. The average molecular weight is 406 g/mol. The van der Waals surface area contributed by atoms with Gasteiger partial charge >= 0.3 is 6.18 Å². The molecular formula is C22H25F3N2O2. The summed E-state index contributed by atoms with van der Waals surface area (Å²) < 4.78 is 45.2. The molecule has 0 unspecified atom stereocenters. The van der Waals surface area contributed by atoms with Crippen LogP contribution in [0.4, 0.5) is 24.5 Å². The van der Waals surface area contributed by atoms with Gasteiger partial charge < -0.3 is 15.0 Å². The summed E-state index contributed by atoms with van der Waals surface area (Å²) in [7, 11) is 0. The first-order chi connectivity index (χ1) is 13.8. The molecule has 1 saturated heterocycles. The Morgan fingerprint density at radius 3 is 2.38 bits per heavy atom. The summed E-state index contributed by atoms with van der Waals surface area (Å²) in [6.45, 7) is 5.49. The van der Waals surface area contributed by atoms with Gasteiger partial charge in [0.2, 0.25) is 0 Å². The van der Waals surface area contributed by atoms with E-state index in [1.54, 1.807) is 24.3 Å². The van der Waals surface area contributed by atoms with Crippen LogP contribution in [0.5, 0.6) is 5.75 Å². The maximum Gasteiger partial charge on any atom is 0.416 e. The summed E-state index contributed by atoms with van der Waals surface area (Å²) in [5, 5.41) is 2.67. The normalized spacial score (nSPS) is 15.3. The van der Waals surface area contributed by atoms with Crippen LogP contribution in [-0.2, 0) is 6.18 Å². The van der Waals surface area contributed by atoms with Crippen LogP contribution in [0.3, 0.4) is 0 Å². The van der Waals surface area contributed by atoms with Crippen LogP contribution in [-0.4, -0.2) is 25.1 Å². The molecule has 2 aromatic rings. The number of rotatable bonds is 6. The van der Waals surface area contributed by atoms with Gasteiger partial charge in [-0.25, -0.2) is 0 Å². The van der Waals surface area contributed by atoms with Crippen molar-refractivity contribution in [2.75, 3.05) is 23.3 Å². The van der Waals surface area contributed by atoms with E-state index in [1.165, 1.54) is 6.07 Å². The fourth-order valence-corrected chi connectivity index (χ4v) is 3.24. The lowest BCUT2D eigenvalue weighted by atomic mass is 10.1. The summed E-state index contributed by atoms with van der Waals surface area (Å²) in [5.41, 5.74) is 0.353. The molecule has 0 aliphatic carbocycles. The van der Waals surface area contributed by atoms with Crippen molar-refractivity contribution < 1.29 is 22.7 Å². The number of anilines is 2. The lowest BCUT2D eigenvalue weighted by Gasteiger charge is -2.23. The van der Waals surface area contributed by atoms with Crippen molar-refractivity contribution in [3.63, 3.8) is 0 Å². The molecule has 1 fully saturated rings. The van der Waals surface area contributed by atoms with Crippen molar-refractivity contribution in [2.24, 2.45) is 0 Å². The van der Waals surface area contributed by atoms with E-state index in [2.05, 4.69) is 5.32 Å². The second-order valence-corrected chi connectivity index (χ2v) is 7.24. The van der Waals surface area contributed by atoms with E-state index in [1.807, 2.05) is 18.7 Å². The molecule has 2 aromatic carbocycles. The molecule has 1 heterocycles. The zero-order chi connectivity index (χ0) is 21.0. The van der Waals surface area contributed by atoms with Gasteiger partial charge in [0.1, 0.15) is 5.75 Å². The monoisotopic (exact) mass is 406 g/mol. The highest BCUT2D eigenvalue weighted by molar-refractivity contribution is 6.06. The van der Waals surface area contributed by atoms with Crippen molar-refractivity contribution in [3.8, 4) is 5.75 Å². The van der Waals surface area contributed by atoms with Crippen LogP contribution < -0.4 is 15.0 Å². The quantitative estimate of drug-likeness (QED) is 0.666. The van der Waals surface area contributed by atoms with Crippen molar-refractivity contribution in [2.45, 2.75) is 45.4 Å². The number of amides is 1. The van der Waals surface area contributed by atoms with Gasteiger partial charge in [0, 0.05) is 18.7 Å². The molecule has 156 valence electrons. The van der Waals surface area contributed by atoms with Crippen LogP contribution >= 0.6 is 0 Å². The molecule has 1 N–H and O–H groups in total. The van der Waals surface area contributed by atoms with E-state index >= 15 is 0 Å². The predicted octanol–water partition coefficient (Wildman–Crippen LogP) is 5.74. The fourth-order valence-electron chi connectivity index (χ4n) is 3.24. The second-order valence-electron chi connectivity index (χ2n) is 7.24. The molecule has 1 aliphatic rings. The van der Waals surface area contributed by atoms with Crippen LogP contribution in [0.1, 0.15) is 49.0 Å². The first-order valence-corrected chi connectivity index (χ1v) is 9.82. The molecule has 7 heteroatoms. The number of alkyl halides is 3. The Kier molecular flexibility index (Phi) is 6.35. The smallest absolute Gasteiger partial charge is 0.416 e. The average Bonchev–Trinajstić information content (AvgIpc) is 3.22. The van der Waals surface area contributed by atoms with Crippen molar-refractivity contribution >= 4 is 17.3 Å². The molecule has 29 heavy (non-hydrogen) atoms. The van der Waals surface area contributed by atoms with Gasteiger partial charge in [0.25, 0.3) is 5.91 Å². The number of benzene rings is 2. The third-order valence-electron chi connectivity index (χ3n) is 5.05. The SMILES string of the molecule is CC[C@H](C)Oc1ccc(C(=O)Nc2cc(C(F)(F)F)ccc2N2CCCC2)cc1. The molecule has 0 radical (unpaired) electrons. The Balaban J connectivity index is 1.82. The highest BCUT2D eigenvalue weighted by Crippen LogP contribution is 2.36. The zero-order valence-corrected chi connectivity index (χ0v) is 16.6. The number of carbonyl (C=O) groups excluding carboxylic acids is 1. The van der Waals surface area contributed by atoms with Gasteiger partial charge in [-0.05, 0) is 68.7 Å². The van der Waals surface area contributed by atoms with Gasteiger partial charge in [0.15, 0.2) is 0 Å². The van der Waals surface area contributed by atoms with E-state index < -0.39 is 17.6 Å². The molecule has 0 aromatic heterocycles. The topological polar surface area (TPSA) is 41.6 Å². The van der Waals surface area contributed by atoms with Gasteiger partial charge in [-0.2, -0.15) is 13.2 Å². The van der Waals surface area contributed by atoms with Gasteiger partial charge in [0.05, 0.1) is 23.0 Å². The Morgan fingerprint density at radius 2 is 1.79 bits per heavy atom. The number of hydrogen-bond acceptors (Lipinski definition) is 3. The number of nitrogens with one attached hydrogen (secondary N) is 1. The number of halogens is 3. The minimum atomic E-state index is -4.47. The molecule has 0 spiro atoms. The lowest BCUT2D eigenvalue weighted by Crippen LogP contribution is -2.22. The van der Waals surface area contributed by atoms with E-state index in [4.69, 9.17) is 4.74 Å². The van der Waals surface area contributed by atoms with Gasteiger partial charge in [-0.15, -0.1) is 0 Å².